The van der Waals surface area contributed by atoms with Gasteiger partial charge in [-0.05, 0) is 44.0 Å². The van der Waals surface area contributed by atoms with E-state index in [9.17, 15) is 4.79 Å². The molecule has 0 aliphatic heterocycles. The molecule has 7 nitrogen and oxygen atoms in total. The number of amides is 1. The molecule has 0 saturated heterocycles. The molecule has 4 rings (SSSR count). The standard InChI is InChI=1S/C23H25Cl2N5O2/c1-3-21(31)27-19-6-4-5-7-20(19)28-23-15-10-14(8-9-18(15)29-30-23)32-13(2)22-16(24)11-26-12-17(22)25/h3,8-13,19-20H,1,4-7H2,2H3,(H,27,31)(H2,28,29,30)/t13-,19+,20-/m1/s1. The number of aromatic amines is 1. The Morgan fingerprint density at radius 1 is 1.25 bits per heavy atom. The van der Waals surface area contributed by atoms with Crippen molar-refractivity contribution in [1.29, 1.82) is 0 Å². The van der Waals surface area contributed by atoms with Gasteiger partial charge in [0.1, 0.15) is 11.9 Å². The summed E-state index contributed by atoms with van der Waals surface area (Å²) < 4.78 is 6.14. The number of hydrogen-bond acceptors (Lipinski definition) is 5. The Hall–Kier alpha value is -2.77. The summed E-state index contributed by atoms with van der Waals surface area (Å²) in [5.41, 5.74) is 1.58. The van der Waals surface area contributed by atoms with Gasteiger partial charge in [0.25, 0.3) is 0 Å². The predicted octanol–water partition coefficient (Wildman–Crippen LogP) is 5.43. The molecule has 3 atom stereocenters. The van der Waals surface area contributed by atoms with E-state index in [4.69, 9.17) is 27.9 Å². The molecule has 0 unspecified atom stereocenters. The minimum atomic E-state index is -0.365. The second-order valence-corrected chi connectivity index (χ2v) is 8.73. The van der Waals surface area contributed by atoms with Crippen molar-refractivity contribution in [3.05, 3.63) is 58.9 Å². The summed E-state index contributed by atoms with van der Waals surface area (Å²) in [7, 11) is 0. The second-order valence-electron chi connectivity index (χ2n) is 7.91. The smallest absolute Gasteiger partial charge is 0.243 e. The van der Waals surface area contributed by atoms with Crippen LogP contribution in [-0.4, -0.2) is 33.2 Å². The fraction of sp³-hybridized carbons (Fsp3) is 0.348. The SMILES string of the molecule is C=CC(=O)N[C@H]1CCCC[C@H]1Nc1n[nH]c2ccc(O[C@H](C)c3c(Cl)cncc3Cl)cc12. The maximum absolute atomic E-state index is 11.8. The van der Waals surface area contributed by atoms with E-state index in [1.807, 2.05) is 25.1 Å². The topological polar surface area (TPSA) is 91.9 Å². The molecule has 3 N–H and O–H groups in total. The average Bonchev–Trinajstić information content (AvgIpc) is 3.17. The van der Waals surface area contributed by atoms with Crippen LogP contribution in [0.2, 0.25) is 10.0 Å². The molecule has 9 heteroatoms. The van der Waals surface area contributed by atoms with Gasteiger partial charge in [-0.15, -0.1) is 0 Å². The van der Waals surface area contributed by atoms with E-state index in [1.54, 1.807) is 12.4 Å². The van der Waals surface area contributed by atoms with Crippen molar-refractivity contribution in [1.82, 2.24) is 20.5 Å². The van der Waals surface area contributed by atoms with Crippen LogP contribution in [0.4, 0.5) is 5.82 Å². The summed E-state index contributed by atoms with van der Waals surface area (Å²) in [6.07, 6.45) is 8.09. The zero-order valence-electron chi connectivity index (χ0n) is 17.7. The predicted molar refractivity (Wildman–Crippen MR) is 127 cm³/mol. The number of H-pyrrole nitrogens is 1. The van der Waals surface area contributed by atoms with Gasteiger partial charge in [0.2, 0.25) is 5.91 Å². The molecule has 168 valence electrons. The highest BCUT2D eigenvalue weighted by Crippen LogP contribution is 2.34. The van der Waals surface area contributed by atoms with Crippen LogP contribution in [0.3, 0.4) is 0 Å². The fourth-order valence-corrected chi connectivity index (χ4v) is 4.81. The molecule has 32 heavy (non-hydrogen) atoms. The summed E-state index contributed by atoms with van der Waals surface area (Å²) in [5.74, 6) is 1.23. The van der Waals surface area contributed by atoms with E-state index in [-0.39, 0.29) is 24.1 Å². The van der Waals surface area contributed by atoms with E-state index < -0.39 is 0 Å². The zero-order valence-corrected chi connectivity index (χ0v) is 19.2. The number of carbonyl (C=O) groups is 1. The van der Waals surface area contributed by atoms with E-state index >= 15 is 0 Å². The molecule has 1 amide bonds. The van der Waals surface area contributed by atoms with Crippen molar-refractivity contribution < 1.29 is 9.53 Å². The first kappa shape index (κ1) is 22.4. The quantitative estimate of drug-likeness (QED) is 0.397. The molecular formula is C23H25Cl2N5O2. The molecule has 1 aliphatic carbocycles. The van der Waals surface area contributed by atoms with Crippen LogP contribution in [0.1, 0.15) is 44.3 Å². The number of hydrogen-bond donors (Lipinski definition) is 3. The lowest BCUT2D eigenvalue weighted by atomic mass is 9.90. The van der Waals surface area contributed by atoms with Crippen LogP contribution in [0.25, 0.3) is 10.9 Å². The average molecular weight is 474 g/mol. The van der Waals surface area contributed by atoms with Crippen LogP contribution in [0, 0.1) is 0 Å². The lowest BCUT2D eigenvalue weighted by molar-refractivity contribution is -0.117. The van der Waals surface area contributed by atoms with E-state index in [0.29, 0.717) is 21.4 Å². The van der Waals surface area contributed by atoms with Gasteiger partial charge in [-0.25, -0.2) is 0 Å². The first-order valence-electron chi connectivity index (χ1n) is 10.6. The van der Waals surface area contributed by atoms with Crippen molar-refractivity contribution in [2.45, 2.75) is 50.8 Å². The lowest BCUT2D eigenvalue weighted by Gasteiger charge is -2.32. The summed E-state index contributed by atoms with van der Waals surface area (Å²) in [4.78, 5) is 15.8. The number of fused-ring (bicyclic) bond motifs is 1. The Kier molecular flexibility index (Phi) is 6.86. The molecule has 1 aliphatic rings. The third kappa shape index (κ3) is 4.84. The third-order valence-corrected chi connectivity index (χ3v) is 6.35. The van der Waals surface area contributed by atoms with Gasteiger partial charge in [-0.2, -0.15) is 5.10 Å². The van der Waals surface area contributed by atoms with Crippen LogP contribution in [0.5, 0.6) is 5.75 Å². The Balaban J connectivity index is 1.55. The van der Waals surface area contributed by atoms with Gasteiger partial charge in [0.05, 0.1) is 15.6 Å². The van der Waals surface area contributed by atoms with Gasteiger partial charge in [-0.3, -0.25) is 14.9 Å². The number of anilines is 1. The molecule has 1 fully saturated rings. The number of rotatable bonds is 7. The maximum Gasteiger partial charge on any atom is 0.243 e. The number of aromatic nitrogens is 3. The number of ether oxygens (including phenoxy) is 1. The molecule has 2 aromatic heterocycles. The number of nitrogens with one attached hydrogen (secondary N) is 3. The van der Waals surface area contributed by atoms with E-state index in [1.165, 1.54) is 6.08 Å². The monoisotopic (exact) mass is 473 g/mol. The minimum absolute atomic E-state index is 0.0245. The molecular weight excluding hydrogens is 449 g/mol. The van der Waals surface area contributed by atoms with Crippen molar-refractivity contribution in [2.24, 2.45) is 0 Å². The maximum atomic E-state index is 11.8. The largest absolute Gasteiger partial charge is 0.486 e. The summed E-state index contributed by atoms with van der Waals surface area (Å²) in [5, 5.41) is 15.9. The fourth-order valence-electron chi connectivity index (χ4n) is 4.14. The van der Waals surface area contributed by atoms with E-state index in [0.717, 1.165) is 42.4 Å². The highest BCUT2D eigenvalue weighted by Gasteiger charge is 2.27. The Labute approximate surface area is 196 Å². The molecule has 2 heterocycles. The van der Waals surface area contributed by atoms with Crippen LogP contribution in [0.15, 0.2) is 43.2 Å². The zero-order chi connectivity index (χ0) is 22.7. The van der Waals surface area contributed by atoms with Gasteiger partial charge >= 0.3 is 0 Å². The third-order valence-electron chi connectivity index (χ3n) is 5.75. The Morgan fingerprint density at radius 2 is 1.97 bits per heavy atom. The summed E-state index contributed by atoms with van der Waals surface area (Å²) in [6.45, 7) is 5.44. The van der Waals surface area contributed by atoms with E-state index in [2.05, 4.69) is 32.4 Å². The molecule has 0 radical (unpaired) electrons. The van der Waals surface area contributed by atoms with Gasteiger partial charge in [0.15, 0.2) is 5.82 Å². The van der Waals surface area contributed by atoms with Gasteiger partial charge in [-0.1, -0.05) is 42.6 Å². The van der Waals surface area contributed by atoms with Crippen molar-refractivity contribution >= 4 is 45.8 Å². The van der Waals surface area contributed by atoms with Crippen molar-refractivity contribution in [3.8, 4) is 5.75 Å². The molecule has 1 saturated carbocycles. The molecule has 0 spiro atoms. The van der Waals surface area contributed by atoms with Crippen LogP contribution >= 0.6 is 23.2 Å². The second kappa shape index (κ2) is 9.79. The molecule has 1 aromatic carbocycles. The van der Waals surface area contributed by atoms with Crippen LogP contribution < -0.4 is 15.4 Å². The van der Waals surface area contributed by atoms with Gasteiger partial charge < -0.3 is 15.4 Å². The highest BCUT2D eigenvalue weighted by molar-refractivity contribution is 6.35. The molecule has 0 bridgehead atoms. The summed E-state index contributed by atoms with van der Waals surface area (Å²) in [6, 6.07) is 5.83. The summed E-state index contributed by atoms with van der Waals surface area (Å²) >= 11 is 12.5. The highest BCUT2D eigenvalue weighted by atomic mass is 35.5. The Bertz CT molecular complexity index is 1110. The minimum Gasteiger partial charge on any atom is -0.486 e. The van der Waals surface area contributed by atoms with Crippen LogP contribution in [-0.2, 0) is 4.79 Å². The first-order valence-corrected chi connectivity index (χ1v) is 11.3. The normalized spacial score (nSPS) is 19.3. The van der Waals surface area contributed by atoms with Gasteiger partial charge in [0, 0.05) is 35.4 Å². The first-order chi connectivity index (χ1) is 15.5. The number of nitrogens with zero attached hydrogens (tertiary/aromatic N) is 2. The number of halogens is 2. The molecule has 3 aromatic rings. The van der Waals surface area contributed by atoms with Crippen molar-refractivity contribution in [2.75, 3.05) is 5.32 Å². The number of carbonyl (C=O) groups excluding carboxylic acids is 1. The lowest BCUT2D eigenvalue weighted by Crippen LogP contribution is -2.48. The van der Waals surface area contributed by atoms with Crippen molar-refractivity contribution in [3.63, 3.8) is 0 Å². The Morgan fingerprint density at radius 3 is 2.69 bits per heavy atom. The number of pyridine rings is 1. The number of benzene rings is 1.